The summed E-state index contributed by atoms with van der Waals surface area (Å²) in [6.45, 7) is 3.78. The molecular weight excluding hydrogens is 240 g/mol. The highest BCUT2D eigenvalue weighted by molar-refractivity contribution is 6.06. The van der Waals surface area contributed by atoms with Gasteiger partial charge in [0, 0.05) is 0 Å². The Kier molecular flexibility index (Phi) is 3.74. The minimum Gasteiger partial charge on any atom is -0.468 e. The predicted octanol–water partition coefficient (Wildman–Crippen LogP) is 2.73. The zero-order valence-electron chi connectivity index (χ0n) is 11.7. The van der Waals surface area contributed by atoms with Crippen LogP contribution in [0.15, 0.2) is 30.3 Å². The fourth-order valence-corrected chi connectivity index (χ4v) is 2.67. The van der Waals surface area contributed by atoms with Crippen molar-refractivity contribution in [2.75, 3.05) is 7.11 Å². The van der Waals surface area contributed by atoms with Crippen molar-refractivity contribution in [3.63, 3.8) is 0 Å². The Morgan fingerprint density at radius 1 is 1.16 bits per heavy atom. The van der Waals surface area contributed by atoms with E-state index < -0.39 is 17.3 Å². The van der Waals surface area contributed by atoms with Crippen LogP contribution in [0.1, 0.15) is 32.3 Å². The van der Waals surface area contributed by atoms with Gasteiger partial charge in [-0.1, -0.05) is 44.2 Å². The topological polar surface area (TPSA) is 43.4 Å². The van der Waals surface area contributed by atoms with Crippen molar-refractivity contribution in [1.29, 1.82) is 0 Å². The van der Waals surface area contributed by atoms with Crippen LogP contribution in [0.5, 0.6) is 0 Å². The van der Waals surface area contributed by atoms with E-state index in [1.807, 2.05) is 44.2 Å². The zero-order chi connectivity index (χ0) is 14.0. The van der Waals surface area contributed by atoms with Crippen LogP contribution in [-0.4, -0.2) is 18.9 Å². The maximum absolute atomic E-state index is 12.8. The van der Waals surface area contributed by atoms with Crippen LogP contribution in [0.2, 0.25) is 0 Å². The highest BCUT2D eigenvalue weighted by atomic mass is 16.5. The van der Waals surface area contributed by atoms with Gasteiger partial charge in [0.2, 0.25) is 0 Å². The third-order valence-corrected chi connectivity index (χ3v) is 3.95. The second-order valence-electron chi connectivity index (χ2n) is 5.56. The third-order valence-electron chi connectivity index (χ3n) is 3.95. The monoisotopic (exact) mass is 260 g/mol. The van der Waals surface area contributed by atoms with E-state index in [0.29, 0.717) is 0 Å². The first-order valence-electron chi connectivity index (χ1n) is 6.70. The van der Waals surface area contributed by atoms with Gasteiger partial charge in [0.05, 0.1) is 12.5 Å². The first-order valence-corrected chi connectivity index (χ1v) is 6.70. The number of Topliss-reactive ketones (excluding diaryl/α,β-unsaturated/α-hetero) is 1. The average molecular weight is 260 g/mol. The Morgan fingerprint density at radius 3 is 2.16 bits per heavy atom. The second-order valence-corrected chi connectivity index (χ2v) is 5.56. The second kappa shape index (κ2) is 5.16. The average Bonchev–Trinajstić information content (AvgIpc) is 3.20. The van der Waals surface area contributed by atoms with Crippen LogP contribution in [0.4, 0.5) is 0 Å². The number of carbonyl (C=O) groups is 2. The van der Waals surface area contributed by atoms with Crippen LogP contribution < -0.4 is 0 Å². The predicted molar refractivity (Wildman–Crippen MR) is 72.7 cm³/mol. The van der Waals surface area contributed by atoms with E-state index in [1.165, 1.54) is 7.11 Å². The SMILES string of the molecule is COC(=O)C(C(=O)C1(c2ccccc2)CC1)C(C)C. The van der Waals surface area contributed by atoms with Gasteiger partial charge in [0.25, 0.3) is 0 Å². The molecule has 0 aromatic heterocycles. The Morgan fingerprint density at radius 2 is 1.74 bits per heavy atom. The fourth-order valence-electron chi connectivity index (χ4n) is 2.67. The van der Waals surface area contributed by atoms with E-state index in [0.717, 1.165) is 18.4 Å². The van der Waals surface area contributed by atoms with E-state index in [2.05, 4.69) is 0 Å². The van der Waals surface area contributed by atoms with E-state index in [4.69, 9.17) is 4.74 Å². The Bertz CT molecular complexity index is 472. The third kappa shape index (κ3) is 2.42. The van der Waals surface area contributed by atoms with Crippen molar-refractivity contribution < 1.29 is 14.3 Å². The van der Waals surface area contributed by atoms with Gasteiger partial charge in [-0.25, -0.2) is 0 Å². The summed E-state index contributed by atoms with van der Waals surface area (Å²) < 4.78 is 4.79. The molecular formula is C16H20O3. The molecule has 0 N–H and O–H groups in total. The molecule has 1 aliphatic rings. The summed E-state index contributed by atoms with van der Waals surface area (Å²) in [5, 5.41) is 0. The lowest BCUT2D eigenvalue weighted by Crippen LogP contribution is -2.37. The Hall–Kier alpha value is -1.64. The molecule has 1 atom stereocenters. The number of hydrogen-bond donors (Lipinski definition) is 0. The molecule has 1 fully saturated rings. The van der Waals surface area contributed by atoms with Gasteiger partial charge in [-0.3, -0.25) is 9.59 Å². The molecule has 3 nitrogen and oxygen atoms in total. The zero-order valence-corrected chi connectivity index (χ0v) is 11.7. The molecule has 0 spiro atoms. The summed E-state index contributed by atoms with van der Waals surface area (Å²) in [5.41, 5.74) is 0.569. The minimum absolute atomic E-state index is 0.0144. The van der Waals surface area contributed by atoms with Crippen molar-refractivity contribution in [2.24, 2.45) is 11.8 Å². The van der Waals surface area contributed by atoms with Gasteiger partial charge in [0.1, 0.15) is 5.92 Å². The molecule has 1 saturated carbocycles. The lowest BCUT2D eigenvalue weighted by molar-refractivity contribution is -0.152. The highest BCUT2D eigenvalue weighted by Gasteiger charge is 2.55. The first kappa shape index (κ1) is 13.8. The maximum Gasteiger partial charge on any atom is 0.316 e. The van der Waals surface area contributed by atoms with Crippen molar-refractivity contribution in [3.8, 4) is 0 Å². The molecule has 102 valence electrons. The van der Waals surface area contributed by atoms with Crippen LogP contribution in [0, 0.1) is 11.8 Å². The largest absolute Gasteiger partial charge is 0.468 e. The molecule has 0 saturated heterocycles. The molecule has 0 aliphatic heterocycles. The summed E-state index contributed by atoms with van der Waals surface area (Å²) in [5.74, 6) is -1.10. The van der Waals surface area contributed by atoms with Crippen molar-refractivity contribution >= 4 is 11.8 Å². The van der Waals surface area contributed by atoms with Gasteiger partial charge in [-0.05, 0) is 24.3 Å². The van der Waals surface area contributed by atoms with Crippen molar-refractivity contribution in [3.05, 3.63) is 35.9 Å². The number of esters is 1. The maximum atomic E-state index is 12.8. The summed E-state index contributed by atoms with van der Waals surface area (Å²) in [6.07, 6.45) is 1.66. The molecule has 1 unspecified atom stereocenters. The number of carbonyl (C=O) groups excluding carboxylic acids is 2. The number of ether oxygens (including phenoxy) is 1. The molecule has 19 heavy (non-hydrogen) atoms. The summed E-state index contributed by atoms with van der Waals surface area (Å²) in [4.78, 5) is 24.6. The quantitative estimate of drug-likeness (QED) is 0.604. The Balaban J connectivity index is 2.30. The molecule has 0 bridgehead atoms. The van der Waals surface area contributed by atoms with Gasteiger partial charge in [-0.2, -0.15) is 0 Å². The van der Waals surface area contributed by atoms with Crippen LogP contribution in [0.3, 0.4) is 0 Å². The van der Waals surface area contributed by atoms with Gasteiger partial charge in [-0.15, -0.1) is 0 Å². The van der Waals surface area contributed by atoms with E-state index in [1.54, 1.807) is 0 Å². The molecule has 2 rings (SSSR count). The van der Waals surface area contributed by atoms with E-state index in [-0.39, 0.29) is 11.7 Å². The minimum atomic E-state index is -0.660. The van der Waals surface area contributed by atoms with E-state index >= 15 is 0 Å². The Labute approximate surface area is 114 Å². The number of ketones is 1. The normalized spacial score (nSPS) is 17.9. The highest BCUT2D eigenvalue weighted by Crippen LogP contribution is 2.51. The number of rotatable bonds is 5. The molecule has 0 radical (unpaired) electrons. The van der Waals surface area contributed by atoms with Crippen molar-refractivity contribution in [1.82, 2.24) is 0 Å². The summed E-state index contributed by atoms with van der Waals surface area (Å²) >= 11 is 0. The van der Waals surface area contributed by atoms with E-state index in [9.17, 15) is 9.59 Å². The van der Waals surface area contributed by atoms with Gasteiger partial charge < -0.3 is 4.74 Å². The molecule has 1 aromatic rings. The number of benzene rings is 1. The number of hydrogen-bond acceptors (Lipinski definition) is 3. The molecule has 0 heterocycles. The van der Waals surface area contributed by atoms with Gasteiger partial charge >= 0.3 is 5.97 Å². The lowest BCUT2D eigenvalue weighted by Gasteiger charge is -2.23. The summed E-state index contributed by atoms with van der Waals surface area (Å²) in [7, 11) is 1.34. The first-order chi connectivity index (χ1) is 9.03. The number of methoxy groups -OCH3 is 1. The van der Waals surface area contributed by atoms with Crippen LogP contribution in [-0.2, 0) is 19.7 Å². The lowest BCUT2D eigenvalue weighted by atomic mass is 9.79. The smallest absolute Gasteiger partial charge is 0.316 e. The molecule has 0 amide bonds. The molecule has 1 aromatic carbocycles. The summed E-state index contributed by atoms with van der Waals surface area (Å²) in [6, 6.07) is 9.75. The van der Waals surface area contributed by atoms with Crippen molar-refractivity contribution in [2.45, 2.75) is 32.1 Å². The molecule has 3 heteroatoms. The van der Waals surface area contributed by atoms with Crippen LogP contribution in [0.25, 0.3) is 0 Å². The van der Waals surface area contributed by atoms with Crippen LogP contribution >= 0.6 is 0 Å². The van der Waals surface area contributed by atoms with Gasteiger partial charge in [0.15, 0.2) is 5.78 Å². The standard InChI is InChI=1S/C16H20O3/c1-11(2)13(15(18)19-3)14(17)16(9-10-16)12-7-5-4-6-8-12/h4-8,11,13H,9-10H2,1-3H3. The molecule has 1 aliphatic carbocycles. The fraction of sp³-hybridized carbons (Fsp3) is 0.500.